The average molecular weight is 419 g/mol. The van der Waals surface area contributed by atoms with E-state index in [1.54, 1.807) is 0 Å². The van der Waals surface area contributed by atoms with E-state index in [1.165, 1.54) is 0 Å². The van der Waals surface area contributed by atoms with Crippen molar-refractivity contribution in [1.82, 2.24) is 5.32 Å². The molecule has 5 aliphatic rings. The second-order valence-electron chi connectivity index (χ2n) is 11.2. The van der Waals surface area contributed by atoms with Gasteiger partial charge in [-0.3, -0.25) is 4.79 Å². The molecule has 0 amide bonds. The van der Waals surface area contributed by atoms with Gasteiger partial charge in [0.15, 0.2) is 0 Å². The summed E-state index contributed by atoms with van der Waals surface area (Å²) in [7, 11) is 0. The monoisotopic (exact) mass is 418 g/mol. The van der Waals surface area contributed by atoms with Gasteiger partial charge >= 0.3 is 0 Å². The zero-order chi connectivity index (χ0) is 21.1. The van der Waals surface area contributed by atoms with E-state index in [2.05, 4.69) is 24.3 Å². The number of rotatable bonds is 3. The topological polar surface area (TPSA) is 91.2 Å². The van der Waals surface area contributed by atoms with E-state index in [9.17, 15) is 15.0 Å². The van der Waals surface area contributed by atoms with E-state index in [-0.39, 0.29) is 47.2 Å². The highest BCUT2D eigenvalue weighted by Crippen LogP contribution is 2.66. The standard InChI is InChI=1S/C24H38N2O4/c1-23-8-5-14(26-30-15-7-10-25-12-15)11-19(23)16(13-27)22(29)21-17-3-4-20(28)24(17,2)9-6-18(21)23/h15-19,21-22,25,27,29H,3-13H2,1-2H3/b26-14-/t15-,16?,17-,18+,19?,21-,22?,23+,24-/m0/s1. The molecule has 3 unspecified atom stereocenters. The number of oxime groups is 1. The maximum absolute atomic E-state index is 12.7. The summed E-state index contributed by atoms with van der Waals surface area (Å²) in [5.41, 5.74) is 0.902. The van der Waals surface area contributed by atoms with E-state index >= 15 is 0 Å². The molecule has 9 atom stereocenters. The van der Waals surface area contributed by atoms with Crippen molar-refractivity contribution in [1.29, 1.82) is 0 Å². The van der Waals surface area contributed by atoms with Gasteiger partial charge in [0.1, 0.15) is 11.9 Å². The third-order valence-electron chi connectivity index (χ3n) is 10.1. The molecule has 0 bridgehead atoms. The smallest absolute Gasteiger partial charge is 0.141 e. The van der Waals surface area contributed by atoms with Crippen LogP contribution < -0.4 is 5.32 Å². The number of Topliss-reactive ketones (excluding diaryl/α,β-unsaturated/α-hetero) is 1. The molecule has 0 aromatic carbocycles. The van der Waals surface area contributed by atoms with Gasteiger partial charge in [-0.15, -0.1) is 0 Å². The maximum Gasteiger partial charge on any atom is 0.141 e. The number of fused-ring (bicyclic) bond motifs is 5. The largest absolute Gasteiger partial charge is 0.396 e. The van der Waals surface area contributed by atoms with Gasteiger partial charge in [-0.25, -0.2) is 0 Å². The molecule has 0 spiro atoms. The Balaban J connectivity index is 1.41. The Labute approximate surface area is 179 Å². The van der Waals surface area contributed by atoms with Crippen molar-refractivity contribution in [3.8, 4) is 0 Å². The van der Waals surface area contributed by atoms with Crippen LogP contribution in [-0.2, 0) is 9.63 Å². The molecule has 5 fully saturated rings. The summed E-state index contributed by atoms with van der Waals surface area (Å²) in [5.74, 6) is 1.28. The Morgan fingerprint density at radius 3 is 2.70 bits per heavy atom. The van der Waals surface area contributed by atoms with Crippen molar-refractivity contribution in [2.75, 3.05) is 19.7 Å². The number of hydrogen-bond donors (Lipinski definition) is 3. The van der Waals surface area contributed by atoms with Gasteiger partial charge in [0, 0.05) is 37.3 Å². The van der Waals surface area contributed by atoms with Crippen molar-refractivity contribution in [3.05, 3.63) is 0 Å². The van der Waals surface area contributed by atoms with Crippen LogP contribution in [0.3, 0.4) is 0 Å². The van der Waals surface area contributed by atoms with Gasteiger partial charge in [0.2, 0.25) is 0 Å². The predicted molar refractivity (Wildman–Crippen MR) is 114 cm³/mol. The molecular formula is C24H38N2O4. The summed E-state index contributed by atoms with van der Waals surface area (Å²) >= 11 is 0. The van der Waals surface area contributed by atoms with E-state index in [0.717, 1.165) is 63.7 Å². The highest BCUT2D eigenvalue weighted by Gasteiger charge is 2.64. The number of hydrogen-bond acceptors (Lipinski definition) is 6. The van der Waals surface area contributed by atoms with Gasteiger partial charge in [0.25, 0.3) is 0 Å². The number of nitrogens with one attached hydrogen (secondary N) is 1. The van der Waals surface area contributed by atoms with Crippen LogP contribution in [0.25, 0.3) is 0 Å². The van der Waals surface area contributed by atoms with E-state index in [4.69, 9.17) is 4.84 Å². The van der Waals surface area contributed by atoms with Crippen LogP contribution in [0, 0.1) is 40.4 Å². The average Bonchev–Trinajstić information content (AvgIpc) is 3.36. The first-order valence-electron chi connectivity index (χ1n) is 12.1. The normalized spacial score (nSPS) is 52.1. The molecule has 1 aliphatic heterocycles. The minimum absolute atomic E-state index is 0.00268. The first-order valence-corrected chi connectivity index (χ1v) is 12.1. The lowest BCUT2D eigenvalue weighted by Gasteiger charge is -2.63. The van der Waals surface area contributed by atoms with Crippen LogP contribution in [0.2, 0.25) is 0 Å². The third-order valence-corrected chi connectivity index (χ3v) is 10.1. The van der Waals surface area contributed by atoms with Crippen molar-refractivity contribution in [2.24, 2.45) is 45.6 Å². The molecule has 0 aromatic rings. The Hall–Kier alpha value is -0.980. The molecule has 1 saturated heterocycles. The lowest BCUT2D eigenvalue weighted by molar-refractivity contribution is -0.188. The molecule has 0 radical (unpaired) electrons. The fraction of sp³-hybridized carbons (Fsp3) is 0.917. The lowest BCUT2D eigenvalue weighted by Crippen LogP contribution is -2.62. The van der Waals surface area contributed by atoms with Gasteiger partial charge in [-0.1, -0.05) is 19.0 Å². The van der Waals surface area contributed by atoms with Crippen molar-refractivity contribution in [3.63, 3.8) is 0 Å². The molecule has 4 aliphatic carbocycles. The predicted octanol–water partition coefficient (Wildman–Crippen LogP) is 2.52. The van der Waals surface area contributed by atoms with Gasteiger partial charge in [0.05, 0.1) is 11.8 Å². The highest BCUT2D eigenvalue weighted by molar-refractivity contribution is 5.87. The van der Waals surface area contributed by atoms with Crippen LogP contribution in [-0.4, -0.2) is 53.6 Å². The number of aliphatic hydroxyl groups excluding tert-OH is 2. The first-order chi connectivity index (χ1) is 14.4. The molecule has 30 heavy (non-hydrogen) atoms. The van der Waals surface area contributed by atoms with Crippen LogP contribution in [0.1, 0.15) is 65.2 Å². The highest BCUT2D eigenvalue weighted by atomic mass is 16.6. The first kappa shape index (κ1) is 20.9. The van der Waals surface area contributed by atoms with Crippen LogP contribution in [0.4, 0.5) is 0 Å². The Morgan fingerprint density at radius 2 is 1.97 bits per heavy atom. The zero-order valence-electron chi connectivity index (χ0n) is 18.5. The molecule has 5 rings (SSSR count). The fourth-order valence-corrected chi connectivity index (χ4v) is 8.21. The second-order valence-corrected chi connectivity index (χ2v) is 11.2. The fourth-order valence-electron chi connectivity index (χ4n) is 8.21. The summed E-state index contributed by atoms with van der Waals surface area (Å²) in [6, 6.07) is 0. The van der Waals surface area contributed by atoms with Crippen molar-refractivity contribution in [2.45, 2.75) is 77.4 Å². The minimum Gasteiger partial charge on any atom is -0.396 e. The van der Waals surface area contributed by atoms with E-state index in [0.29, 0.717) is 18.1 Å². The number of carbonyl (C=O) groups is 1. The van der Waals surface area contributed by atoms with Crippen LogP contribution >= 0.6 is 0 Å². The van der Waals surface area contributed by atoms with Gasteiger partial charge in [-0.2, -0.15) is 0 Å². The lowest BCUT2D eigenvalue weighted by atomic mass is 9.42. The van der Waals surface area contributed by atoms with Crippen molar-refractivity contribution >= 4 is 11.5 Å². The molecule has 4 saturated carbocycles. The quantitative estimate of drug-likeness (QED) is 0.613. The Kier molecular flexibility index (Phi) is 5.27. The van der Waals surface area contributed by atoms with Crippen molar-refractivity contribution < 1.29 is 19.8 Å². The number of carbonyl (C=O) groups excluding carboxylic acids is 1. The molecule has 3 N–H and O–H groups in total. The molecule has 1 heterocycles. The number of nitrogens with zero attached hydrogens (tertiary/aromatic N) is 1. The van der Waals surface area contributed by atoms with Gasteiger partial charge in [-0.05, 0) is 74.2 Å². The number of ketones is 1. The summed E-state index contributed by atoms with van der Waals surface area (Å²) < 4.78 is 0. The Morgan fingerprint density at radius 1 is 1.13 bits per heavy atom. The van der Waals surface area contributed by atoms with E-state index in [1.807, 2.05) is 0 Å². The third kappa shape index (κ3) is 3.01. The van der Waals surface area contributed by atoms with Gasteiger partial charge < -0.3 is 20.4 Å². The second kappa shape index (κ2) is 7.56. The summed E-state index contributed by atoms with van der Waals surface area (Å²) in [6.45, 7) is 6.38. The molecule has 0 aromatic heterocycles. The molecule has 6 heteroatoms. The molecular weight excluding hydrogens is 380 g/mol. The Bertz CT molecular complexity index is 720. The summed E-state index contributed by atoms with van der Waals surface area (Å²) in [6.07, 6.45) is 6.94. The number of aliphatic hydroxyl groups is 2. The molecule has 168 valence electrons. The SMILES string of the molecule is C[C@]12CC/C(=N/O[C@H]3CCNC3)CC1C(CO)C(O)[C@@H]1[C@H]2CC[C@]2(C)C(=O)CC[C@@H]12. The molecule has 6 nitrogen and oxygen atoms in total. The maximum atomic E-state index is 12.7. The summed E-state index contributed by atoms with van der Waals surface area (Å²) in [4.78, 5) is 18.5. The van der Waals surface area contributed by atoms with Crippen LogP contribution in [0.5, 0.6) is 0 Å². The summed E-state index contributed by atoms with van der Waals surface area (Å²) in [5, 5.41) is 29.7. The zero-order valence-corrected chi connectivity index (χ0v) is 18.5. The minimum atomic E-state index is -0.534. The van der Waals surface area contributed by atoms with Crippen LogP contribution in [0.15, 0.2) is 5.16 Å². The van der Waals surface area contributed by atoms with E-state index < -0.39 is 6.10 Å².